The van der Waals surface area contributed by atoms with Crippen LogP contribution >= 0.6 is 22.6 Å². The van der Waals surface area contributed by atoms with Crippen LogP contribution in [0, 0.1) is 10.5 Å². The molecule has 0 atom stereocenters. The van der Waals surface area contributed by atoms with E-state index in [9.17, 15) is 9.59 Å². The van der Waals surface area contributed by atoms with Crippen molar-refractivity contribution in [1.82, 2.24) is 24.4 Å². The van der Waals surface area contributed by atoms with Gasteiger partial charge in [-0.1, -0.05) is 18.9 Å². The molecule has 10 heteroatoms. The second-order valence-corrected chi connectivity index (χ2v) is 12.4. The molecule has 0 radical (unpaired) electrons. The second kappa shape index (κ2) is 10.8. The van der Waals surface area contributed by atoms with Gasteiger partial charge in [-0.25, -0.2) is 14.8 Å². The highest BCUT2D eigenvalue weighted by Gasteiger charge is 2.28. The molecule has 0 aromatic carbocycles. The first-order chi connectivity index (χ1) is 18.1. The molecule has 1 saturated carbocycles. The molecule has 0 bridgehead atoms. The minimum absolute atomic E-state index is 0.0346. The van der Waals surface area contributed by atoms with Crippen molar-refractivity contribution in [2.45, 2.75) is 83.8 Å². The molecule has 202 valence electrons. The summed E-state index contributed by atoms with van der Waals surface area (Å²) in [4.78, 5) is 41.3. The standard InChI is InChI=1S/C28H35IN6O3/c1-17-21-16-31-26(33-24(21)35(25(36)23(17)29)20-7-5-6-8-20)32-22-10-9-19(15-30-22)18-11-13-34(14-12-18)27(37)38-28(2,3)4/h9-10,15-16,18,20H,5-8,11-14H2,1-4H3,(H,30,31,32,33). The van der Waals surface area contributed by atoms with E-state index in [1.807, 2.05) is 44.5 Å². The Hall–Kier alpha value is -2.76. The molecule has 2 fully saturated rings. The number of halogens is 1. The molecule has 0 spiro atoms. The molecule has 1 aliphatic carbocycles. The number of nitrogens with zero attached hydrogens (tertiary/aromatic N) is 5. The molecule has 1 amide bonds. The maximum atomic E-state index is 13.2. The van der Waals surface area contributed by atoms with Gasteiger partial charge >= 0.3 is 6.09 Å². The van der Waals surface area contributed by atoms with Crippen LogP contribution in [0.1, 0.15) is 82.4 Å². The van der Waals surface area contributed by atoms with E-state index >= 15 is 0 Å². The van der Waals surface area contributed by atoms with Crippen molar-refractivity contribution in [3.8, 4) is 0 Å². The molecular formula is C28H35IN6O3. The lowest BCUT2D eigenvalue weighted by molar-refractivity contribution is 0.0205. The molecular weight excluding hydrogens is 595 g/mol. The average Bonchev–Trinajstić information content (AvgIpc) is 3.41. The van der Waals surface area contributed by atoms with Gasteiger partial charge in [-0.3, -0.25) is 9.36 Å². The van der Waals surface area contributed by atoms with Gasteiger partial charge in [0.25, 0.3) is 5.56 Å². The van der Waals surface area contributed by atoms with Gasteiger partial charge in [0.15, 0.2) is 0 Å². The number of ether oxygens (including phenoxy) is 1. The lowest BCUT2D eigenvalue weighted by Gasteiger charge is -2.33. The maximum absolute atomic E-state index is 13.2. The van der Waals surface area contributed by atoms with Gasteiger partial charge in [-0.05, 0) is 99.1 Å². The number of likely N-dealkylation sites (tertiary alicyclic amines) is 1. The fourth-order valence-electron chi connectivity index (χ4n) is 5.42. The predicted molar refractivity (Wildman–Crippen MR) is 156 cm³/mol. The van der Waals surface area contributed by atoms with Gasteiger partial charge < -0.3 is 15.0 Å². The largest absolute Gasteiger partial charge is 0.444 e. The average molecular weight is 631 g/mol. The van der Waals surface area contributed by atoms with Crippen LogP contribution in [0.2, 0.25) is 0 Å². The number of pyridine rings is 2. The van der Waals surface area contributed by atoms with Gasteiger partial charge in [0.2, 0.25) is 5.95 Å². The van der Waals surface area contributed by atoms with Crippen LogP contribution < -0.4 is 10.9 Å². The summed E-state index contributed by atoms with van der Waals surface area (Å²) in [6, 6.07) is 4.19. The smallest absolute Gasteiger partial charge is 0.410 e. The first-order valence-electron chi connectivity index (χ1n) is 13.4. The van der Waals surface area contributed by atoms with Crippen molar-refractivity contribution in [3.63, 3.8) is 0 Å². The summed E-state index contributed by atoms with van der Waals surface area (Å²) in [7, 11) is 0. The zero-order chi connectivity index (χ0) is 27.0. The Labute approximate surface area is 236 Å². The van der Waals surface area contributed by atoms with Gasteiger partial charge in [0.05, 0.1) is 3.57 Å². The van der Waals surface area contributed by atoms with Crippen LogP contribution in [-0.4, -0.2) is 49.2 Å². The highest BCUT2D eigenvalue weighted by molar-refractivity contribution is 14.1. The number of piperidine rings is 1. The number of hydrogen-bond acceptors (Lipinski definition) is 7. The van der Waals surface area contributed by atoms with Crippen molar-refractivity contribution >= 4 is 51.5 Å². The first-order valence-corrected chi connectivity index (χ1v) is 14.5. The Morgan fingerprint density at radius 1 is 1.08 bits per heavy atom. The summed E-state index contributed by atoms with van der Waals surface area (Å²) in [5.74, 6) is 1.42. The molecule has 2 aliphatic rings. The summed E-state index contributed by atoms with van der Waals surface area (Å²) in [6.07, 6.45) is 9.47. The number of aromatic nitrogens is 4. The molecule has 1 saturated heterocycles. The van der Waals surface area contributed by atoms with Crippen LogP contribution in [0.15, 0.2) is 29.3 Å². The summed E-state index contributed by atoms with van der Waals surface area (Å²) in [5.41, 5.74) is 2.31. The molecule has 9 nitrogen and oxygen atoms in total. The van der Waals surface area contributed by atoms with Crippen molar-refractivity contribution in [3.05, 3.63) is 49.6 Å². The van der Waals surface area contributed by atoms with Crippen molar-refractivity contribution < 1.29 is 9.53 Å². The van der Waals surface area contributed by atoms with Crippen LogP contribution in [0.25, 0.3) is 11.0 Å². The van der Waals surface area contributed by atoms with E-state index in [0.717, 1.165) is 58.6 Å². The molecule has 1 N–H and O–H groups in total. The van der Waals surface area contributed by atoms with E-state index in [-0.39, 0.29) is 17.7 Å². The zero-order valence-corrected chi connectivity index (χ0v) is 24.6. The normalized spacial score (nSPS) is 17.2. The van der Waals surface area contributed by atoms with Crippen LogP contribution in [-0.2, 0) is 4.74 Å². The Bertz CT molecular complexity index is 1380. The Morgan fingerprint density at radius 2 is 1.79 bits per heavy atom. The molecule has 4 heterocycles. The van der Waals surface area contributed by atoms with E-state index in [1.54, 1.807) is 11.1 Å². The molecule has 1 aliphatic heterocycles. The van der Waals surface area contributed by atoms with Gasteiger partial charge in [0, 0.05) is 36.9 Å². The number of fused-ring (bicyclic) bond motifs is 1. The fraction of sp³-hybridized carbons (Fsp3) is 0.536. The zero-order valence-electron chi connectivity index (χ0n) is 22.5. The minimum atomic E-state index is -0.485. The van der Waals surface area contributed by atoms with Crippen molar-refractivity contribution in [1.29, 1.82) is 0 Å². The third-order valence-electron chi connectivity index (χ3n) is 7.47. The van der Waals surface area contributed by atoms with Gasteiger partial charge in [-0.15, -0.1) is 0 Å². The van der Waals surface area contributed by atoms with E-state index in [2.05, 4.69) is 43.9 Å². The quantitative estimate of drug-likeness (QED) is 0.349. The number of nitrogens with one attached hydrogen (secondary N) is 1. The van der Waals surface area contributed by atoms with E-state index in [0.29, 0.717) is 36.4 Å². The van der Waals surface area contributed by atoms with Crippen LogP contribution in [0.3, 0.4) is 0 Å². The number of amides is 1. The highest BCUT2D eigenvalue weighted by Crippen LogP contribution is 2.32. The summed E-state index contributed by atoms with van der Waals surface area (Å²) in [6.45, 7) is 8.96. The number of carbonyl (C=O) groups excluding carboxylic acids is 1. The predicted octanol–water partition coefficient (Wildman–Crippen LogP) is 6.07. The molecule has 38 heavy (non-hydrogen) atoms. The second-order valence-electron chi connectivity index (χ2n) is 11.3. The van der Waals surface area contributed by atoms with E-state index in [1.165, 1.54) is 0 Å². The fourth-order valence-corrected chi connectivity index (χ4v) is 5.97. The topological polar surface area (TPSA) is 102 Å². The summed E-state index contributed by atoms with van der Waals surface area (Å²) >= 11 is 2.15. The van der Waals surface area contributed by atoms with Crippen molar-refractivity contribution in [2.24, 2.45) is 0 Å². The maximum Gasteiger partial charge on any atom is 0.410 e. The van der Waals surface area contributed by atoms with Gasteiger partial charge in [0.1, 0.15) is 17.1 Å². The summed E-state index contributed by atoms with van der Waals surface area (Å²) in [5, 5.41) is 4.13. The monoisotopic (exact) mass is 630 g/mol. The number of rotatable bonds is 4. The summed E-state index contributed by atoms with van der Waals surface area (Å²) < 4.78 is 8.12. The third-order valence-corrected chi connectivity index (χ3v) is 8.74. The molecule has 0 unspecified atom stereocenters. The minimum Gasteiger partial charge on any atom is -0.444 e. The van der Waals surface area contributed by atoms with E-state index in [4.69, 9.17) is 9.72 Å². The SMILES string of the molecule is Cc1c(I)c(=O)n(C2CCCC2)c2nc(Nc3ccc(C4CCN(C(=O)OC(C)(C)C)CC4)cn3)ncc12. The lowest BCUT2D eigenvalue weighted by Crippen LogP contribution is -2.41. The molecule has 5 rings (SSSR count). The first kappa shape index (κ1) is 26.8. The molecule has 3 aromatic heterocycles. The lowest BCUT2D eigenvalue weighted by atomic mass is 9.90. The number of anilines is 2. The van der Waals surface area contributed by atoms with Crippen LogP contribution in [0.5, 0.6) is 0 Å². The number of aryl methyl sites for hydroxylation is 1. The third kappa shape index (κ3) is 5.64. The number of hydrogen-bond donors (Lipinski definition) is 1. The molecule has 3 aromatic rings. The Morgan fingerprint density at radius 3 is 2.42 bits per heavy atom. The Balaban J connectivity index is 1.30. The van der Waals surface area contributed by atoms with E-state index < -0.39 is 5.60 Å². The Kier molecular flexibility index (Phi) is 7.61. The number of carbonyl (C=O) groups is 1. The highest BCUT2D eigenvalue weighted by atomic mass is 127. The van der Waals surface area contributed by atoms with Gasteiger partial charge in [-0.2, -0.15) is 4.98 Å². The van der Waals surface area contributed by atoms with Crippen molar-refractivity contribution in [2.75, 3.05) is 18.4 Å². The van der Waals surface area contributed by atoms with Crippen LogP contribution in [0.4, 0.5) is 16.6 Å².